The molecule has 5 heteroatoms. The van der Waals surface area contributed by atoms with Gasteiger partial charge in [-0.15, -0.1) is 0 Å². The Kier molecular flexibility index (Phi) is 7.65. The summed E-state index contributed by atoms with van der Waals surface area (Å²) in [6, 6.07) is 0.129. The van der Waals surface area contributed by atoms with Crippen molar-refractivity contribution in [3.63, 3.8) is 0 Å². The Labute approximate surface area is 98.1 Å². The molecule has 0 heterocycles. The Morgan fingerprint density at radius 1 is 1.33 bits per heavy atom. The zero-order chi connectivity index (χ0) is 11.9. The molecule has 15 heavy (non-hydrogen) atoms. The fourth-order valence-corrected chi connectivity index (χ4v) is 2.80. The van der Waals surface area contributed by atoms with Gasteiger partial charge >= 0.3 is 0 Å². The van der Waals surface area contributed by atoms with Gasteiger partial charge < -0.3 is 5.73 Å². The lowest BCUT2D eigenvalue weighted by molar-refractivity contribution is 0.587. The summed E-state index contributed by atoms with van der Waals surface area (Å²) in [6.45, 7) is 5.96. The molecule has 0 saturated carbocycles. The van der Waals surface area contributed by atoms with Crippen molar-refractivity contribution in [2.75, 3.05) is 17.3 Å². The number of hydrogen-bond donors (Lipinski definition) is 1. The molecule has 3 nitrogen and oxygen atoms in total. The summed E-state index contributed by atoms with van der Waals surface area (Å²) in [7, 11) is -2.81. The minimum atomic E-state index is -2.81. The van der Waals surface area contributed by atoms with Crippen molar-refractivity contribution in [1.82, 2.24) is 0 Å². The van der Waals surface area contributed by atoms with Crippen molar-refractivity contribution in [1.29, 1.82) is 0 Å². The Morgan fingerprint density at radius 3 is 2.40 bits per heavy atom. The maximum atomic E-state index is 11.2. The van der Waals surface area contributed by atoms with E-state index in [1.165, 1.54) is 0 Å². The predicted molar refractivity (Wildman–Crippen MR) is 69.1 cm³/mol. The van der Waals surface area contributed by atoms with Crippen LogP contribution < -0.4 is 5.73 Å². The van der Waals surface area contributed by atoms with Crippen molar-refractivity contribution in [3.8, 4) is 0 Å². The van der Waals surface area contributed by atoms with Crippen LogP contribution in [0.25, 0.3) is 0 Å². The summed E-state index contributed by atoms with van der Waals surface area (Å²) in [4.78, 5) is 0. The van der Waals surface area contributed by atoms with Gasteiger partial charge in [-0.3, -0.25) is 0 Å². The minimum absolute atomic E-state index is 0.129. The smallest absolute Gasteiger partial charge is 0.150 e. The summed E-state index contributed by atoms with van der Waals surface area (Å²) in [5.41, 5.74) is 5.88. The molecule has 0 aromatic rings. The van der Waals surface area contributed by atoms with Gasteiger partial charge in [0.1, 0.15) is 9.84 Å². The Balaban J connectivity index is 3.59. The van der Waals surface area contributed by atoms with Crippen LogP contribution in [0.5, 0.6) is 0 Å². The molecule has 92 valence electrons. The molecular formula is C10H23NO2S2. The first kappa shape index (κ1) is 15.3. The second-order valence-electron chi connectivity index (χ2n) is 4.02. The molecule has 0 rings (SSSR count). The van der Waals surface area contributed by atoms with Crippen LogP contribution in [0.2, 0.25) is 0 Å². The predicted octanol–water partition coefficient (Wildman–Crippen LogP) is 1.67. The molecule has 0 aromatic heterocycles. The number of thioether (sulfide) groups is 1. The lowest BCUT2D eigenvalue weighted by Gasteiger charge is -2.12. The van der Waals surface area contributed by atoms with Crippen LogP contribution in [-0.2, 0) is 9.84 Å². The monoisotopic (exact) mass is 253 g/mol. The third-order valence-electron chi connectivity index (χ3n) is 2.11. The first-order chi connectivity index (χ1) is 6.87. The Morgan fingerprint density at radius 2 is 1.93 bits per heavy atom. The molecule has 0 fully saturated rings. The van der Waals surface area contributed by atoms with Crippen LogP contribution in [0.15, 0.2) is 0 Å². The van der Waals surface area contributed by atoms with E-state index in [2.05, 4.69) is 13.8 Å². The summed E-state index contributed by atoms with van der Waals surface area (Å²) in [6.07, 6.45) is 1.49. The van der Waals surface area contributed by atoms with E-state index >= 15 is 0 Å². The van der Waals surface area contributed by atoms with Crippen LogP contribution in [0.4, 0.5) is 0 Å². The summed E-state index contributed by atoms with van der Waals surface area (Å²) < 4.78 is 22.4. The lowest BCUT2D eigenvalue weighted by Crippen LogP contribution is -2.24. The second-order valence-corrected chi connectivity index (χ2v) is 8.10. The van der Waals surface area contributed by atoms with E-state index in [0.717, 1.165) is 12.2 Å². The van der Waals surface area contributed by atoms with Gasteiger partial charge in [-0.2, -0.15) is 11.8 Å². The van der Waals surface area contributed by atoms with Gasteiger partial charge in [-0.1, -0.05) is 20.8 Å². The number of rotatable bonds is 8. The molecule has 0 aliphatic carbocycles. The first-order valence-corrected chi connectivity index (χ1v) is 8.32. The zero-order valence-electron chi connectivity index (χ0n) is 9.90. The Hall–Kier alpha value is 0.260. The second kappa shape index (κ2) is 7.52. The number of sulfone groups is 1. The average molecular weight is 253 g/mol. The van der Waals surface area contributed by atoms with Crippen LogP contribution in [-0.4, -0.2) is 37.0 Å². The first-order valence-electron chi connectivity index (χ1n) is 5.45. The topological polar surface area (TPSA) is 60.2 Å². The van der Waals surface area contributed by atoms with E-state index in [4.69, 9.17) is 5.73 Å². The van der Waals surface area contributed by atoms with Crippen molar-refractivity contribution in [3.05, 3.63) is 0 Å². The molecule has 1 atom stereocenters. The average Bonchev–Trinajstić information content (AvgIpc) is 2.14. The van der Waals surface area contributed by atoms with E-state index < -0.39 is 9.84 Å². The number of nitrogens with two attached hydrogens (primary N) is 1. The lowest BCUT2D eigenvalue weighted by atomic mass is 10.2. The van der Waals surface area contributed by atoms with E-state index in [1.54, 1.807) is 6.92 Å². The maximum Gasteiger partial charge on any atom is 0.150 e. The van der Waals surface area contributed by atoms with E-state index in [0.29, 0.717) is 11.7 Å². The molecule has 0 radical (unpaired) electrons. The third-order valence-corrected chi connectivity index (χ3v) is 5.19. The van der Waals surface area contributed by atoms with Gasteiger partial charge in [0.25, 0.3) is 0 Å². The highest BCUT2D eigenvalue weighted by Crippen LogP contribution is 2.12. The van der Waals surface area contributed by atoms with Gasteiger partial charge in [0, 0.05) is 17.5 Å². The molecule has 0 amide bonds. The van der Waals surface area contributed by atoms with Crippen molar-refractivity contribution < 1.29 is 8.42 Å². The fraction of sp³-hybridized carbons (Fsp3) is 1.00. The van der Waals surface area contributed by atoms with Crippen LogP contribution in [0.3, 0.4) is 0 Å². The molecule has 0 aromatic carbocycles. The van der Waals surface area contributed by atoms with E-state index in [-0.39, 0.29) is 17.5 Å². The van der Waals surface area contributed by atoms with E-state index in [9.17, 15) is 8.42 Å². The maximum absolute atomic E-state index is 11.2. The highest BCUT2D eigenvalue weighted by atomic mass is 32.2. The van der Waals surface area contributed by atoms with Crippen LogP contribution in [0, 0.1) is 0 Å². The molecular weight excluding hydrogens is 230 g/mol. The standard InChI is InChI=1S/C10H23NO2S2/c1-4-15(12,13)7-5-6-10(11)8-14-9(2)3/h9-10H,4-8,11H2,1-3H3. The SMILES string of the molecule is CCS(=O)(=O)CCCC(N)CSC(C)C. The zero-order valence-corrected chi connectivity index (χ0v) is 11.5. The minimum Gasteiger partial charge on any atom is -0.327 e. The van der Waals surface area contributed by atoms with Gasteiger partial charge in [0.05, 0.1) is 5.75 Å². The van der Waals surface area contributed by atoms with Gasteiger partial charge in [-0.25, -0.2) is 8.42 Å². The van der Waals surface area contributed by atoms with Crippen molar-refractivity contribution >= 4 is 21.6 Å². The quantitative estimate of drug-likeness (QED) is 0.715. The van der Waals surface area contributed by atoms with Gasteiger partial charge in [0.15, 0.2) is 0 Å². The van der Waals surface area contributed by atoms with Crippen LogP contribution >= 0.6 is 11.8 Å². The molecule has 1 unspecified atom stereocenters. The summed E-state index contributed by atoms with van der Waals surface area (Å²) >= 11 is 1.83. The molecule has 0 bridgehead atoms. The van der Waals surface area contributed by atoms with E-state index in [1.807, 2.05) is 11.8 Å². The molecule has 0 saturated heterocycles. The summed E-state index contributed by atoms with van der Waals surface area (Å²) in [5, 5.41) is 0.593. The summed E-state index contributed by atoms with van der Waals surface area (Å²) in [5.74, 6) is 1.44. The van der Waals surface area contributed by atoms with Crippen molar-refractivity contribution in [2.45, 2.75) is 44.9 Å². The normalized spacial score (nSPS) is 14.5. The number of hydrogen-bond acceptors (Lipinski definition) is 4. The highest BCUT2D eigenvalue weighted by molar-refractivity contribution is 7.99. The molecule has 0 aliphatic rings. The fourth-order valence-electron chi connectivity index (χ4n) is 1.11. The third kappa shape index (κ3) is 9.20. The van der Waals surface area contributed by atoms with Crippen molar-refractivity contribution in [2.24, 2.45) is 5.73 Å². The Bertz CT molecular complexity index is 250. The molecule has 0 aliphatic heterocycles. The molecule has 0 spiro atoms. The van der Waals surface area contributed by atoms with Gasteiger partial charge in [-0.05, 0) is 18.1 Å². The highest BCUT2D eigenvalue weighted by Gasteiger charge is 2.09. The molecule has 2 N–H and O–H groups in total. The van der Waals surface area contributed by atoms with Crippen LogP contribution in [0.1, 0.15) is 33.6 Å². The van der Waals surface area contributed by atoms with Gasteiger partial charge in [0.2, 0.25) is 0 Å². The largest absolute Gasteiger partial charge is 0.327 e.